The number of hydrogen-bond acceptors (Lipinski definition) is 4. The second-order valence-corrected chi connectivity index (χ2v) is 6.48. The summed E-state index contributed by atoms with van der Waals surface area (Å²) in [6, 6.07) is 0. The molecule has 0 bridgehead atoms. The molecule has 1 aliphatic rings. The van der Waals surface area contributed by atoms with Gasteiger partial charge in [0.25, 0.3) is 0 Å². The lowest BCUT2D eigenvalue weighted by Crippen LogP contribution is -1.92. The second kappa shape index (κ2) is 18.7. The highest BCUT2D eigenvalue weighted by Crippen LogP contribution is 2.18. The number of rotatable bonds is 9. The number of ketones is 4. The summed E-state index contributed by atoms with van der Waals surface area (Å²) < 4.78 is 0. The first-order valence-corrected chi connectivity index (χ1v) is 9.87. The van der Waals surface area contributed by atoms with Gasteiger partial charge in [0.2, 0.25) is 0 Å². The molecule has 0 amide bonds. The van der Waals surface area contributed by atoms with Crippen molar-refractivity contribution in [3.63, 3.8) is 0 Å². The molecule has 0 N–H and O–H groups in total. The van der Waals surface area contributed by atoms with E-state index in [-0.39, 0.29) is 17.3 Å². The number of unbranched alkanes of at least 4 members (excludes halogenated alkanes) is 1. The largest absolute Gasteiger partial charge is 0.295 e. The Labute approximate surface area is 164 Å². The van der Waals surface area contributed by atoms with Crippen molar-refractivity contribution in [3.8, 4) is 0 Å². The van der Waals surface area contributed by atoms with Gasteiger partial charge in [-0.05, 0) is 63.8 Å². The predicted octanol–water partition coefficient (Wildman–Crippen LogP) is 5.51. The topological polar surface area (TPSA) is 68.3 Å². The van der Waals surface area contributed by atoms with E-state index in [1.54, 1.807) is 13.0 Å². The van der Waals surface area contributed by atoms with E-state index in [1.807, 2.05) is 19.1 Å². The number of carbonyl (C=O) groups excluding carboxylic acids is 4. The van der Waals surface area contributed by atoms with Gasteiger partial charge in [-0.15, -0.1) is 0 Å². The van der Waals surface area contributed by atoms with E-state index in [9.17, 15) is 19.2 Å². The lowest BCUT2D eigenvalue weighted by Gasteiger charge is -1.92. The second-order valence-electron chi connectivity index (χ2n) is 6.48. The van der Waals surface area contributed by atoms with E-state index in [0.29, 0.717) is 12.2 Å². The van der Waals surface area contributed by atoms with Gasteiger partial charge in [0.05, 0.1) is 0 Å². The van der Waals surface area contributed by atoms with Crippen molar-refractivity contribution in [2.75, 3.05) is 0 Å². The predicted molar refractivity (Wildman–Crippen MR) is 112 cm³/mol. The van der Waals surface area contributed by atoms with E-state index in [0.717, 1.165) is 38.5 Å². The minimum Gasteiger partial charge on any atom is -0.295 e. The van der Waals surface area contributed by atoms with Crippen LogP contribution in [0.3, 0.4) is 0 Å². The van der Waals surface area contributed by atoms with Crippen LogP contribution in [0.25, 0.3) is 0 Å². The van der Waals surface area contributed by atoms with Crippen molar-refractivity contribution in [1.29, 1.82) is 0 Å². The van der Waals surface area contributed by atoms with Gasteiger partial charge in [0.15, 0.2) is 23.1 Å². The number of hydrogen-bond donors (Lipinski definition) is 0. The summed E-state index contributed by atoms with van der Waals surface area (Å²) in [5.41, 5.74) is 1.35. The molecule has 27 heavy (non-hydrogen) atoms. The molecule has 0 radical (unpaired) electrons. The molecule has 0 saturated carbocycles. The van der Waals surface area contributed by atoms with E-state index in [4.69, 9.17) is 0 Å². The smallest absolute Gasteiger partial charge is 0.155 e. The first kappa shape index (κ1) is 27.1. The van der Waals surface area contributed by atoms with Crippen molar-refractivity contribution < 1.29 is 19.2 Å². The van der Waals surface area contributed by atoms with Crippen LogP contribution in [0.1, 0.15) is 86.0 Å². The van der Waals surface area contributed by atoms with Gasteiger partial charge in [-0.2, -0.15) is 0 Å². The molecule has 4 heteroatoms. The lowest BCUT2D eigenvalue weighted by atomic mass is 10.1. The molecule has 0 atom stereocenters. The monoisotopic (exact) mass is 376 g/mol. The Balaban J connectivity index is 0. The maximum atomic E-state index is 10.7. The van der Waals surface area contributed by atoms with Crippen LogP contribution in [0.4, 0.5) is 0 Å². The van der Waals surface area contributed by atoms with Crippen LogP contribution in [0.2, 0.25) is 0 Å². The molecule has 0 spiro atoms. The molecule has 0 fully saturated rings. The average Bonchev–Trinajstić information content (AvgIpc) is 3.00. The summed E-state index contributed by atoms with van der Waals surface area (Å²) in [5.74, 6) is 0.402. The van der Waals surface area contributed by atoms with Crippen LogP contribution in [0, 0.1) is 0 Å². The van der Waals surface area contributed by atoms with Gasteiger partial charge in [-0.1, -0.05) is 45.3 Å². The highest BCUT2D eigenvalue weighted by atomic mass is 16.1. The summed E-state index contributed by atoms with van der Waals surface area (Å²) >= 11 is 0. The SMILES string of the molecule is CCCC(=O)C=CC(C)=O.CCCC1=CC(=O)CC1.CCCC=CC(C)=O. The Morgan fingerprint density at radius 3 is 1.93 bits per heavy atom. The lowest BCUT2D eigenvalue weighted by molar-refractivity contribution is -0.116. The third-order valence-electron chi connectivity index (χ3n) is 3.44. The van der Waals surface area contributed by atoms with Crippen LogP contribution >= 0.6 is 0 Å². The Morgan fingerprint density at radius 2 is 1.52 bits per heavy atom. The Hall–Kier alpha value is -2.10. The van der Waals surface area contributed by atoms with Gasteiger partial charge in [0, 0.05) is 12.8 Å². The molecular weight excluding hydrogens is 340 g/mol. The molecule has 0 unspecified atom stereocenters. The quantitative estimate of drug-likeness (QED) is 0.498. The summed E-state index contributed by atoms with van der Waals surface area (Å²) in [5, 5.41) is 0. The number of allylic oxidation sites excluding steroid dienone is 6. The van der Waals surface area contributed by atoms with Gasteiger partial charge in [-0.3, -0.25) is 19.2 Å². The molecule has 1 rings (SSSR count). The van der Waals surface area contributed by atoms with Gasteiger partial charge in [-0.25, -0.2) is 0 Å². The zero-order valence-electron chi connectivity index (χ0n) is 17.7. The molecular formula is C23H36O4. The molecule has 0 heterocycles. The van der Waals surface area contributed by atoms with Crippen molar-refractivity contribution in [2.45, 2.75) is 86.0 Å². The summed E-state index contributed by atoms with van der Waals surface area (Å²) in [4.78, 5) is 41.9. The Morgan fingerprint density at radius 1 is 0.889 bits per heavy atom. The minimum absolute atomic E-state index is 0.0256. The third-order valence-corrected chi connectivity index (χ3v) is 3.44. The average molecular weight is 377 g/mol. The fraction of sp³-hybridized carbons (Fsp3) is 0.565. The maximum absolute atomic E-state index is 10.7. The fourth-order valence-corrected chi connectivity index (χ4v) is 2.13. The van der Waals surface area contributed by atoms with E-state index in [2.05, 4.69) is 13.8 Å². The van der Waals surface area contributed by atoms with E-state index >= 15 is 0 Å². The molecule has 0 aliphatic heterocycles. The fourth-order valence-electron chi connectivity index (χ4n) is 2.13. The van der Waals surface area contributed by atoms with E-state index in [1.165, 1.54) is 31.1 Å². The highest BCUT2D eigenvalue weighted by molar-refractivity contribution is 5.97. The molecule has 0 aromatic rings. The van der Waals surface area contributed by atoms with Crippen molar-refractivity contribution in [1.82, 2.24) is 0 Å². The minimum atomic E-state index is -0.0792. The molecule has 0 aromatic heterocycles. The standard InChI is InChI=1S/C8H12O2.C8H12O.C7H12O/c1-3-4-8(10)6-5-7(2)9;1-2-3-7-4-5-8(9)6-7;1-3-4-5-6-7(2)8/h5-6H,3-4H2,1-2H3;6H,2-5H2,1H3;5-6H,3-4H2,1-2H3. The third kappa shape index (κ3) is 21.9. The zero-order valence-corrected chi connectivity index (χ0v) is 17.7. The molecule has 152 valence electrons. The summed E-state index contributed by atoms with van der Waals surface area (Å²) in [7, 11) is 0. The molecule has 0 saturated heterocycles. The van der Waals surface area contributed by atoms with Crippen molar-refractivity contribution in [3.05, 3.63) is 36.0 Å². The van der Waals surface area contributed by atoms with Crippen LogP contribution in [0.15, 0.2) is 36.0 Å². The molecule has 0 aromatic carbocycles. The van der Waals surface area contributed by atoms with Crippen LogP contribution < -0.4 is 0 Å². The van der Waals surface area contributed by atoms with Crippen LogP contribution in [-0.4, -0.2) is 23.1 Å². The van der Waals surface area contributed by atoms with Crippen molar-refractivity contribution >= 4 is 23.1 Å². The first-order valence-electron chi connectivity index (χ1n) is 9.87. The van der Waals surface area contributed by atoms with Gasteiger partial charge in [0.1, 0.15) is 0 Å². The molecule has 4 nitrogen and oxygen atoms in total. The first-order chi connectivity index (χ1) is 12.8. The normalized spacial score (nSPS) is 12.9. The Kier molecular flexibility index (Phi) is 18.8. The van der Waals surface area contributed by atoms with Gasteiger partial charge >= 0.3 is 0 Å². The highest BCUT2D eigenvalue weighted by Gasteiger charge is 2.09. The van der Waals surface area contributed by atoms with Crippen LogP contribution in [-0.2, 0) is 19.2 Å². The maximum Gasteiger partial charge on any atom is 0.155 e. The number of carbonyl (C=O) groups is 4. The van der Waals surface area contributed by atoms with E-state index < -0.39 is 0 Å². The van der Waals surface area contributed by atoms with Gasteiger partial charge < -0.3 is 0 Å². The zero-order chi connectivity index (χ0) is 21.1. The van der Waals surface area contributed by atoms with Crippen LogP contribution in [0.5, 0.6) is 0 Å². The van der Waals surface area contributed by atoms with Crippen molar-refractivity contribution in [2.24, 2.45) is 0 Å². The Bertz CT molecular complexity index is 551. The summed E-state index contributed by atoms with van der Waals surface area (Å²) in [6.07, 6.45) is 15.5. The summed E-state index contributed by atoms with van der Waals surface area (Å²) in [6.45, 7) is 9.15. The molecule has 1 aliphatic carbocycles.